The van der Waals surface area contributed by atoms with Crippen LogP contribution < -0.4 is 16.0 Å². The molecule has 0 radical (unpaired) electrons. The quantitative estimate of drug-likeness (QED) is 0.888. The van der Waals surface area contributed by atoms with Gasteiger partial charge in [0.1, 0.15) is 0 Å². The molecule has 1 saturated heterocycles. The molecule has 0 aliphatic carbocycles. The van der Waals surface area contributed by atoms with Gasteiger partial charge in [0.15, 0.2) is 0 Å². The molecule has 1 unspecified atom stereocenters. The number of benzene rings is 1. The summed E-state index contributed by atoms with van der Waals surface area (Å²) in [6.07, 6.45) is 3.14. The Bertz CT molecular complexity index is 490. The average molecular weight is 275 g/mol. The molecule has 1 amide bonds. The first-order valence-electron chi connectivity index (χ1n) is 7.40. The van der Waals surface area contributed by atoms with Crippen molar-refractivity contribution >= 4 is 17.3 Å². The highest BCUT2D eigenvalue weighted by Gasteiger charge is 2.26. The summed E-state index contributed by atoms with van der Waals surface area (Å²) < 4.78 is 0. The fraction of sp³-hybridized carbons (Fsp3) is 0.562. The molecule has 4 nitrogen and oxygen atoms in total. The van der Waals surface area contributed by atoms with Crippen LogP contribution in [0, 0.1) is 6.92 Å². The molecular weight excluding hydrogens is 250 g/mol. The molecule has 1 aliphatic rings. The van der Waals surface area contributed by atoms with Gasteiger partial charge in [-0.1, -0.05) is 6.92 Å². The van der Waals surface area contributed by atoms with Crippen molar-refractivity contribution in [3.05, 3.63) is 23.8 Å². The van der Waals surface area contributed by atoms with Gasteiger partial charge in [-0.2, -0.15) is 0 Å². The summed E-state index contributed by atoms with van der Waals surface area (Å²) in [6, 6.07) is 6.20. The predicted octanol–water partition coefficient (Wildman–Crippen LogP) is 2.66. The van der Waals surface area contributed by atoms with E-state index < -0.39 is 5.54 Å². The maximum atomic E-state index is 12.1. The number of carbonyl (C=O) groups is 1. The molecule has 1 atom stereocenters. The second kappa shape index (κ2) is 5.83. The third-order valence-corrected chi connectivity index (χ3v) is 4.18. The number of rotatable bonds is 4. The summed E-state index contributed by atoms with van der Waals surface area (Å²) >= 11 is 0. The Kier molecular flexibility index (Phi) is 4.33. The minimum Gasteiger partial charge on any atom is -0.372 e. The summed E-state index contributed by atoms with van der Waals surface area (Å²) in [4.78, 5) is 14.5. The van der Waals surface area contributed by atoms with Crippen molar-refractivity contribution in [1.82, 2.24) is 0 Å². The van der Waals surface area contributed by atoms with Crippen molar-refractivity contribution in [2.24, 2.45) is 5.73 Å². The standard InChI is InChI=1S/C16H25N3O/c1-4-16(3,17)15(20)18-14-8-7-13(11-12(14)2)19-9-5-6-10-19/h7-8,11H,4-6,9-10,17H2,1-3H3,(H,18,20). The van der Waals surface area contributed by atoms with Crippen LogP contribution in [0.15, 0.2) is 18.2 Å². The van der Waals surface area contributed by atoms with E-state index in [9.17, 15) is 4.79 Å². The largest absolute Gasteiger partial charge is 0.372 e. The third-order valence-electron chi connectivity index (χ3n) is 4.18. The van der Waals surface area contributed by atoms with Crippen molar-refractivity contribution in [3.63, 3.8) is 0 Å². The van der Waals surface area contributed by atoms with E-state index >= 15 is 0 Å². The summed E-state index contributed by atoms with van der Waals surface area (Å²) in [7, 11) is 0. The zero-order valence-corrected chi connectivity index (χ0v) is 12.7. The van der Waals surface area contributed by atoms with Gasteiger partial charge >= 0.3 is 0 Å². The molecule has 20 heavy (non-hydrogen) atoms. The van der Waals surface area contributed by atoms with Crippen LogP contribution in [0.4, 0.5) is 11.4 Å². The lowest BCUT2D eigenvalue weighted by Gasteiger charge is -2.23. The Morgan fingerprint density at radius 2 is 2.05 bits per heavy atom. The lowest BCUT2D eigenvalue weighted by Crippen LogP contribution is -2.47. The van der Waals surface area contributed by atoms with Crippen LogP contribution >= 0.6 is 0 Å². The number of nitrogens with two attached hydrogens (primary N) is 1. The molecule has 110 valence electrons. The summed E-state index contributed by atoms with van der Waals surface area (Å²) in [5.41, 5.74) is 8.32. The number of anilines is 2. The van der Waals surface area contributed by atoms with E-state index in [1.54, 1.807) is 6.92 Å². The van der Waals surface area contributed by atoms with Gasteiger partial charge < -0.3 is 16.0 Å². The summed E-state index contributed by atoms with van der Waals surface area (Å²) in [5.74, 6) is -0.128. The number of hydrogen-bond acceptors (Lipinski definition) is 3. The first-order chi connectivity index (χ1) is 9.44. The Hall–Kier alpha value is -1.55. The van der Waals surface area contributed by atoms with Crippen molar-refractivity contribution in [2.75, 3.05) is 23.3 Å². The van der Waals surface area contributed by atoms with E-state index in [0.717, 1.165) is 24.3 Å². The maximum Gasteiger partial charge on any atom is 0.244 e. The number of aryl methyl sites for hydroxylation is 1. The monoisotopic (exact) mass is 275 g/mol. The van der Waals surface area contributed by atoms with Crippen LogP contribution in [-0.2, 0) is 4.79 Å². The molecule has 1 aromatic rings. The van der Waals surface area contributed by atoms with Crippen LogP contribution in [0.2, 0.25) is 0 Å². The number of carbonyl (C=O) groups excluding carboxylic acids is 1. The molecule has 0 bridgehead atoms. The van der Waals surface area contributed by atoms with Gasteiger partial charge in [0.25, 0.3) is 0 Å². The predicted molar refractivity (Wildman–Crippen MR) is 84.1 cm³/mol. The summed E-state index contributed by atoms with van der Waals surface area (Å²) in [6.45, 7) is 7.96. The Morgan fingerprint density at radius 1 is 1.40 bits per heavy atom. The van der Waals surface area contributed by atoms with Gasteiger partial charge in [0.05, 0.1) is 5.54 Å². The van der Waals surface area contributed by atoms with Crippen LogP contribution in [0.1, 0.15) is 38.7 Å². The van der Waals surface area contributed by atoms with E-state index in [1.807, 2.05) is 19.9 Å². The number of hydrogen-bond donors (Lipinski definition) is 2. The Morgan fingerprint density at radius 3 is 2.60 bits per heavy atom. The number of amides is 1. The van der Waals surface area contributed by atoms with E-state index in [-0.39, 0.29) is 5.91 Å². The lowest BCUT2D eigenvalue weighted by molar-refractivity contribution is -0.120. The lowest BCUT2D eigenvalue weighted by atomic mass is 9.99. The highest BCUT2D eigenvalue weighted by molar-refractivity contribution is 5.98. The third kappa shape index (κ3) is 3.12. The highest BCUT2D eigenvalue weighted by Crippen LogP contribution is 2.26. The molecule has 0 aromatic heterocycles. The van der Waals surface area contributed by atoms with E-state index in [1.165, 1.54) is 18.5 Å². The Balaban J connectivity index is 2.12. The molecular formula is C16H25N3O. The van der Waals surface area contributed by atoms with Crippen molar-refractivity contribution in [3.8, 4) is 0 Å². The smallest absolute Gasteiger partial charge is 0.244 e. The molecule has 1 fully saturated rings. The molecule has 0 spiro atoms. The van der Waals surface area contributed by atoms with Gasteiger partial charge in [0, 0.05) is 24.5 Å². The maximum absolute atomic E-state index is 12.1. The first kappa shape index (κ1) is 14.9. The van der Waals surface area contributed by atoms with E-state index in [0.29, 0.717) is 6.42 Å². The Labute approximate surface area is 121 Å². The minimum atomic E-state index is -0.819. The zero-order valence-electron chi connectivity index (χ0n) is 12.7. The molecule has 2 rings (SSSR count). The number of nitrogens with one attached hydrogen (secondary N) is 1. The van der Waals surface area contributed by atoms with Crippen LogP contribution in [0.25, 0.3) is 0 Å². The van der Waals surface area contributed by atoms with Gasteiger partial charge in [-0.25, -0.2) is 0 Å². The van der Waals surface area contributed by atoms with Crippen LogP contribution in [-0.4, -0.2) is 24.5 Å². The van der Waals surface area contributed by atoms with Crippen molar-refractivity contribution in [1.29, 1.82) is 0 Å². The first-order valence-corrected chi connectivity index (χ1v) is 7.40. The normalized spacial score (nSPS) is 17.9. The SMILES string of the molecule is CCC(C)(N)C(=O)Nc1ccc(N2CCCC2)cc1C. The molecule has 0 saturated carbocycles. The average Bonchev–Trinajstić information content (AvgIpc) is 2.94. The van der Waals surface area contributed by atoms with Gasteiger partial charge in [-0.3, -0.25) is 4.79 Å². The fourth-order valence-corrected chi connectivity index (χ4v) is 2.39. The fourth-order valence-electron chi connectivity index (χ4n) is 2.39. The summed E-state index contributed by atoms with van der Waals surface area (Å²) in [5, 5.41) is 2.94. The second-order valence-corrected chi connectivity index (χ2v) is 5.92. The van der Waals surface area contributed by atoms with Crippen molar-refractivity contribution < 1.29 is 4.79 Å². The van der Waals surface area contributed by atoms with Gasteiger partial charge in [-0.15, -0.1) is 0 Å². The van der Waals surface area contributed by atoms with E-state index in [2.05, 4.69) is 22.3 Å². The molecule has 1 aliphatic heterocycles. The highest BCUT2D eigenvalue weighted by atomic mass is 16.2. The van der Waals surface area contributed by atoms with Gasteiger partial charge in [-0.05, 0) is 56.9 Å². The number of nitrogens with zero attached hydrogens (tertiary/aromatic N) is 1. The molecule has 1 heterocycles. The van der Waals surface area contributed by atoms with E-state index in [4.69, 9.17) is 5.73 Å². The molecule has 4 heteroatoms. The topological polar surface area (TPSA) is 58.4 Å². The van der Waals surface area contributed by atoms with Crippen LogP contribution in [0.3, 0.4) is 0 Å². The van der Waals surface area contributed by atoms with Crippen molar-refractivity contribution in [2.45, 2.75) is 45.6 Å². The molecule has 3 N–H and O–H groups in total. The zero-order chi connectivity index (χ0) is 14.8. The molecule has 1 aromatic carbocycles. The van der Waals surface area contributed by atoms with Crippen LogP contribution in [0.5, 0.6) is 0 Å². The van der Waals surface area contributed by atoms with Gasteiger partial charge in [0.2, 0.25) is 5.91 Å². The minimum absolute atomic E-state index is 0.128. The second-order valence-electron chi connectivity index (χ2n) is 5.92.